The summed E-state index contributed by atoms with van der Waals surface area (Å²) in [7, 11) is 0. The highest BCUT2D eigenvalue weighted by Crippen LogP contribution is 2.16. The van der Waals surface area contributed by atoms with Crippen molar-refractivity contribution in [2.24, 2.45) is 0 Å². The predicted molar refractivity (Wildman–Crippen MR) is 84.8 cm³/mol. The van der Waals surface area contributed by atoms with Crippen LogP contribution in [0.4, 0.5) is 0 Å². The van der Waals surface area contributed by atoms with E-state index in [9.17, 15) is 4.79 Å². The van der Waals surface area contributed by atoms with E-state index in [4.69, 9.17) is 0 Å². The molecule has 1 amide bonds. The van der Waals surface area contributed by atoms with Gasteiger partial charge in [0.1, 0.15) is 5.69 Å². The van der Waals surface area contributed by atoms with Crippen molar-refractivity contribution in [1.29, 1.82) is 0 Å². The Hall–Kier alpha value is -1.55. The standard InChI is InChI=1S/C16H19BrN2O/c1-16(2,9-8-12-6-4-3-5-7-12)19-15(20)14-10-13(17)11-18-14/h3-7,10-11,18H,8-9H2,1-2H3,(H,19,20). The SMILES string of the molecule is CC(C)(CCc1ccccc1)NC(=O)c1cc(Br)c[nH]1. The summed E-state index contributed by atoms with van der Waals surface area (Å²) in [6.07, 6.45) is 3.60. The van der Waals surface area contributed by atoms with Crippen LogP contribution in [0.25, 0.3) is 0 Å². The first-order chi connectivity index (χ1) is 9.46. The average Bonchev–Trinajstić information content (AvgIpc) is 2.84. The minimum Gasteiger partial charge on any atom is -0.356 e. The third-order valence-electron chi connectivity index (χ3n) is 3.23. The molecule has 2 rings (SSSR count). The Morgan fingerprint density at radius 1 is 1.30 bits per heavy atom. The van der Waals surface area contributed by atoms with Crippen molar-refractivity contribution in [3.05, 3.63) is 58.3 Å². The number of rotatable bonds is 5. The van der Waals surface area contributed by atoms with E-state index in [0.717, 1.165) is 17.3 Å². The van der Waals surface area contributed by atoms with Gasteiger partial charge in [-0.1, -0.05) is 30.3 Å². The topological polar surface area (TPSA) is 44.9 Å². The van der Waals surface area contributed by atoms with E-state index < -0.39 is 0 Å². The molecule has 0 bridgehead atoms. The normalized spacial score (nSPS) is 11.3. The Balaban J connectivity index is 1.92. The third kappa shape index (κ3) is 4.23. The van der Waals surface area contributed by atoms with Gasteiger partial charge in [-0.2, -0.15) is 0 Å². The maximum atomic E-state index is 12.1. The molecule has 0 fully saturated rings. The van der Waals surface area contributed by atoms with Crippen molar-refractivity contribution < 1.29 is 4.79 Å². The van der Waals surface area contributed by atoms with Crippen molar-refractivity contribution >= 4 is 21.8 Å². The Labute approximate surface area is 127 Å². The molecule has 1 aromatic carbocycles. The van der Waals surface area contributed by atoms with Crippen LogP contribution < -0.4 is 5.32 Å². The van der Waals surface area contributed by atoms with Gasteiger partial charge in [0.15, 0.2) is 0 Å². The summed E-state index contributed by atoms with van der Waals surface area (Å²) in [4.78, 5) is 15.1. The minimum atomic E-state index is -0.246. The van der Waals surface area contributed by atoms with Gasteiger partial charge in [-0.15, -0.1) is 0 Å². The van der Waals surface area contributed by atoms with E-state index in [1.807, 2.05) is 32.0 Å². The molecule has 2 aromatic rings. The van der Waals surface area contributed by atoms with Gasteiger partial charge < -0.3 is 10.3 Å². The zero-order valence-electron chi connectivity index (χ0n) is 11.7. The van der Waals surface area contributed by atoms with Crippen LogP contribution in [0.15, 0.2) is 47.1 Å². The molecule has 2 N–H and O–H groups in total. The van der Waals surface area contributed by atoms with Gasteiger partial charge in [0.2, 0.25) is 0 Å². The molecule has 0 saturated carbocycles. The predicted octanol–water partition coefficient (Wildman–Crippen LogP) is 3.92. The molecule has 0 spiro atoms. The highest BCUT2D eigenvalue weighted by Gasteiger charge is 2.21. The molecule has 4 heteroatoms. The molecule has 3 nitrogen and oxygen atoms in total. The largest absolute Gasteiger partial charge is 0.356 e. The molecule has 0 saturated heterocycles. The number of hydrogen-bond acceptors (Lipinski definition) is 1. The summed E-state index contributed by atoms with van der Waals surface area (Å²) in [5, 5.41) is 3.07. The number of halogens is 1. The number of aryl methyl sites for hydroxylation is 1. The first-order valence-corrected chi connectivity index (χ1v) is 7.46. The van der Waals surface area contributed by atoms with Gasteiger partial charge in [0.25, 0.3) is 5.91 Å². The highest BCUT2D eigenvalue weighted by molar-refractivity contribution is 9.10. The Bertz CT molecular complexity index is 575. The molecule has 20 heavy (non-hydrogen) atoms. The van der Waals surface area contributed by atoms with E-state index in [2.05, 4.69) is 38.4 Å². The first kappa shape index (κ1) is 14.9. The van der Waals surface area contributed by atoms with Gasteiger partial charge in [0.05, 0.1) is 0 Å². The van der Waals surface area contributed by atoms with E-state index in [0.29, 0.717) is 5.69 Å². The number of amides is 1. The second-order valence-corrected chi connectivity index (χ2v) is 6.47. The fraction of sp³-hybridized carbons (Fsp3) is 0.312. The van der Waals surface area contributed by atoms with E-state index in [-0.39, 0.29) is 11.4 Å². The van der Waals surface area contributed by atoms with Gasteiger partial charge >= 0.3 is 0 Å². The fourth-order valence-corrected chi connectivity index (χ4v) is 2.38. The van der Waals surface area contributed by atoms with Crippen molar-refractivity contribution in [3.63, 3.8) is 0 Å². The van der Waals surface area contributed by atoms with Crippen molar-refractivity contribution in [3.8, 4) is 0 Å². The molecular weight excluding hydrogens is 316 g/mol. The summed E-state index contributed by atoms with van der Waals surface area (Å²) >= 11 is 3.33. The second kappa shape index (κ2) is 6.27. The van der Waals surface area contributed by atoms with Crippen LogP contribution in [-0.2, 0) is 6.42 Å². The minimum absolute atomic E-state index is 0.0752. The lowest BCUT2D eigenvalue weighted by Crippen LogP contribution is -2.43. The highest BCUT2D eigenvalue weighted by atomic mass is 79.9. The molecule has 0 aliphatic rings. The molecule has 1 heterocycles. The van der Waals surface area contributed by atoms with Crippen LogP contribution in [0.3, 0.4) is 0 Å². The Kier molecular flexibility index (Phi) is 4.65. The van der Waals surface area contributed by atoms with Crippen molar-refractivity contribution in [2.45, 2.75) is 32.2 Å². The van der Waals surface area contributed by atoms with Crippen LogP contribution >= 0.6 is 15.9 Å². The fourth-order valence-electron chi connectivity index (χ4n) is 2.04. The lowest BCUT2D eigenvalue weighted by molar-refractivity contribution is 0.0905. The molecule has 0 aliphatic heterocycles. The van der Waals surface area contributed by atoms with Gasteiger partial charge in [0, 0.05) is 16.2 Å². The molecule has 106 valence electrons. The molecule has 1 aromatic heterocycles. The van der Waals surface area contributed by atoms with Gasteiger partial charge in [-0.3, -0.25) is 4.79 Å². The lowest BCUT2D eigenvalue weighted by Gasteiger charge is -2.26. The molecular formula is C16H19BrN2O. The number of benzene rings is 1. The summed E-state index contributed by atoms with van der Waals surface area (Å²) in [5.74, 6) is -0.0752. The summed E-state index contributed by atoms with van der Waals surface area (Å²) < 4.78 is 0.879. The number of carbonyl (C=O) groups excluding carboxylic acids is 1. The van der Waals surface area contributed by atoms with Crippen LogP contribution in [0.5, 0.6) is 0 Å². The number of hydrogen-bond donors (Lipinski definition) is 2. The summed E-state index contributed by atoms with van der Waals surface area (Å²) in [6.45, 7) is 4.09. The molecule has 0 unspecified atom stereocenters. The Morgan fingerprint density at radius 2 is 2.00 bits per heavy atom. The summed E-state index contributed by atoms with van der Waals surface area (Å²) in [6, 6.07) is 12.1. The summed E-state index contributed by atoms with van der Waals surface area (Å²) in [5.41, 5.74) is 1.62. The lowest BCUT2D eigenvalue weighted by atomic mass is 9.95. The maximum absolute atomic E-state index is 12.1. The van der Waals surface area contributed by atoms with E-state index >= 15 is 0 Å². The first-order valence-electron chi connectivity index (χ1n) is 6.67. The number of carbonyl (C=O) groups is 1. The van der Waals surface area contributed by atoms with E-state index in [1.165, 1.54) is 5.56 Å². The van der Waals surface area contributed by atoms with Gasteiger partial charge in [-0.05, 0) is 54.2 Å². The van der Waals surface area contributed by atoms with Crippen LogP contribution in [0.2, 0.25) is 0 Å². The molecule has 0 radical (unpaired) electrons. The molecule has 0 aliphatic carbocycles. The third-order valence-corrected chi connectivity index (χ3v) is 3.68. The van der Waals surface area contributed by atoms with Crippen molar-refractivity contribution in [1.82, 2.24) is 10.3 Å². The van der Waals surface area contributed by atoms with Crippen molar-refractivity contribution in [2.75, 3.05) is 0 Å². The van der Waals surface area contributed by atoms with Crippen LogP contribution in [0, 0.1) is 0 Å². The number of nitrogens with one attached hydrogen (secondary N) is 2. The van der Waals surface area contributed by atoms with E-state index in [1.54, 1.807) is 12.3 Å². The van der Waals surface area contributed by atoms with Gasteiger partial charge in [-0.25, -0.2) is 0 Å². The van der Waals surface area contributed by atoms with Crippen LogP contribution in [-0.4, -0.2) is 16.4 Å². The smallest absolute Gasteiger partial charge is 0.268 e. The molecule has 0 atom stereocenters. The quantitative estimate of drug-likeness (QED) is 0.855. The number of aromatic nitrogens is 1. The second-order valence-electron chi connectivity index (χ2n) is 5.56. The monoisotopic (exact) mass is 334 g/mol. The van der Waals surface area contributed by atoms with Crippen LogP contribution in [0.1, 0.15) is 36.3 Å². The maximum Gasteiger partial charge on any atom is 0.268 e. The number of H-pyrrole nitrogens is 1. The zero-order valence-corrected chi connectivity index (χ0v) is 13.3. The average molecular weight is 335 g/mol. The number of aromatic amines is 1. The zero-order chi connectivity index (χ0) is 14.6. The Morgan fingerprint density at radius 3 is 2.60 bits per heavy atom.